The zero-order chi connectivity index (χ0) is 19.1. The largest absolute Gasteiger partial charge is 0.313 e. The van der Waals surface area contributed by atoms with E-state index in [1.807, 2.05) is 12.1 Å². The van der Waals surface area contributed by atoms with Crippen LogP contribution in [-0.2, 0) is 5.41 Å². The molecule has 2 bridgehead atoms. The zero-order valence-electron chi connectivity index (χ0n) is 16.2. The number of halogens is 1. The normalized spacial score (nSPS) is 29.3. The van der Waals surface area contributed by atoms with Crippen LogP contribution in [0.5, 0.6) is 0 Å². The van der Waals surface area contributed by atoms with Gasteiger partial charge in [0, 0.05) is 25.7 Å². The Balaban J connectivity index is 1.73. The number of nitriles is 1. The smallest absolute Gasteiger partial charge is 0.149 e. The Hall–Kier alpha value is -1.38. The Kier molecular flexibility index (Phi) is 4.84. The van der Waals surface area contributed by atoms with Gasteiger partial charge in [0.2, 0.25) is 0 Å². The third kappa shape index (κ3) is 3.02. The molecular weight excluding hydrogens is 443 g/mol. The quantitative estimate of drug-likeness (QED) is 0.244. The summed E-state index contributed by atoms with van der Waals surface area (Å²) in [6, 6.07) is 24.4. The summed E-state index contributed by atoms with van der Waals surface area (Å²) in [4.78, 5) is 0. The van der Waals surface area contributed by atoms with Crippen molar-refractivity contribution in [3.8, 4) is 6.07 Å². The number of quaternary nitrogens is 1. The molecule has 2 aromatic rings. The van der Waals surface area contributed by atoms with Crippen LogP contribution in [0.15, 0.2) is 60.7 Å². The van der Waals surface area contributed by atoms with Gasteiger partial charge in [0.05, 0.1) is 26.2 Å². The van der Waals surface area contributed by atoms with Crippen molar-refractivity contribution in [2.75, 3.05) is 14.1 Å². The number of hydrogen-bond donors (Lipinski definition) is 0. The van der Waals surface area contributed by atoms with E-state index >= 15 is 0 Å². The Morgan fingerprint density at radius 3 is 2.11 bits per heavy atom. The van der Waals surface area contributed by atoms with Crippen molar-refractivity contribution in [2.45, 2.75) is 47.1 Å². The zero-order valence-corrected chi connectivity index (χ0v) is 18.4. The molecule has 2 heterocycles. The molecule has 3 heteroatoms. The van der Waals surface area contributed by atoms with Crippen LogP contribution in [0.3, 0.4) is 0 Å². The fraction of sp³-hybridized carbons (Fsp3) is 0.458. The lowest BCUT2D eigenvalue weighted by Gasteiger charge is -2.50. The van der Waals surface area contributed by atoms with Crippen LogP contribution >= 0.6 is 22.6 Å². The maximum absolute atomic E-state index is 10.5. The predicted molar refractivity (Wildman–Crippen MR) is 118 cm³/mol. The third-order valence-corrected chi connectivity index (χ3v) is 9.56. The van der Waals surface area contributed by atoms with Crippen molar-refractivity contribution in [3.05, 3.63) is 71.8 Å². The molecular formula is C24H28IN2+. The fourth-order valence-corrected chi connectivity index (χ4v) is 6.89. The number of alkyl halides is 1. The van der Waals surface area contributed by atoms with Crippen molar-refractivity contribution < 1.29 is 4.48 Å². The van der Waals surface area contributed by atoms with E-state index in [-0.39, 0.29) is 0 Å². The number of benzene rings is 2. The molecule has 140 valence electrons. The fourth-order valence-electron chi connectivity index (χ4n) is 5.57. The Labute approximate surface area is 176 Å². The maximum Gasteiger partial charge on any atom is 0.149 e. The summed E-state index contributed by atoms with van der Waals surface area (Å²) >= 11 is 2.74. The molecule has 0 spiro atoms. The van der Waals surface area contributed by atoms with E-state index in [4.69, 9.17) is 0 Å². The molecule has 0 aliphatic carbocycles. The summed E-state index contributed by atoms with van der Waals surface area (Å²) in [6.07, 6.45) is 5.99. The van der Waals surface area contributed by atoms with Crippen LogP contribution in [0, 0.1) is 17.2 Å². The minimum Gasteiger partial charge on any atom is -0.313 e. The molecule has 2 aliphatic rings. The molecule has 2 saturated heterocycles. The first-order chi connectivity index (χ1) is 12.9. The number of fused-ring (bicyclic) bond motifs is 2. The molecule has 3 atom stereocenters. The topological polar surface area (TPSA) is 23.8 Å². The van der Waals surface area contributed by atoms with E-state index in [1.165, 1.54) is 25.7 Å². The second-order valence-corrected chi connectivity index (χ2v) is 10.9. The summed E-state index contributed by atoms with van der Waals surface area (Å²) < 4.78 is 1.46. The average Bonchev–Trinajstić information content (AvgIpc) is 2.82. The average molecular weight is 471 g/mol. The molecule has 2 aromatic carbocycles. The van der Waals surface area contributed by atoms with E-state index in [0.29, 0.717) is 9.46 Å². The molecule has 4 rings (SSSR count). The van der Waals surface area contributed by atoms with Crippen LogP contribution < -0.4 is 0 Å². The standard InChI is InChI=1S/C24H28IN2/c1-27(2)22-13-14-24(27,25)17-19(15-22)16-23(18-26,20-9-5-3-6-10-20)21-11-7-4-8-12-21/h3-12,19,22H,13-17H2,1-2H3/q+1. The highest BCUT2D eigenvalue weighted by Crippen LogP contribution is 2.56. The van der Waals surface area contributed by atoms with Crippen molar-refractivity contribution in [1.82, 2.24) is 0 Å². The van der Waals surface area contributed by atoms with Gasteiger partial charge >= 0.3 is 0 Å². The number of piperidine rings is 1. The van der Waals surface area contributed by atoms with Gasteiger partial charge < -0.3 is 4.48 Å². The first-order valence-corrected chi connectivity index (χ1v) is 11.0. The molecule has 0 aromatic heterocycles. The second-order valence-electron chi connectivity index (χ2n) is 8.91. The lowest BCUT2D eigenvalue weighted by Crippen LogP contribution is -2.60. The lowest BCUT2D eigenvalue weighted by atomic mass is 9.67. The summed E-state index contributed by atoms with van der Waals surface area (Å²) in [6.45, 7) is 0. The number of rotatable bonds is 4. The molecule has 0 saturated carbocycles. The van der Waals surface area contributed by atoms with E-state index < -0.39 is 5.41 Å². The van der Waals surface area contributed by atoms with E-state index in [0.717, 1.165) is 28.1 Å². The van der Waals surface area contributed by atoms with Crippen molar-refractivity contribution in [2.24, 2.45) is 5.92 Å². The molecule has 2 aliphatic heterocycles. The van der Waals surface area contributed by atoms with Gasteiger partial charge in [-0.3, -0.25) is 0 Å². The van der Waals surface area contributed by atoms with Gasteiger partial charge in [0.25, 0.3) is 0 Å². The molecule has 0 amide bonds. The number of nitrogens with zero attached hydrogens (tertiary/aromatic N) is 2. The summed E-state index contributed by atoms with van der Waals surface area (Å²) in [5.41, 5.74) is 1.70. The Bertz CT molecular complexity index is 800. The minimum absolute atomic E-state index is 0.319. The second kappa shape index (κ2) is 6.90. The van der Waals surface area contributed by atoms with Crippen LogP contribution in [-0.4, -0.2) is 28.2 Å². The Morgan fingerprint density at radius 1 is 1.07 bits per heavy atom. The SMILES string of the molecule is C[N+]1(C)C2CCC1(I)CC(CC(C#N)(c1ccccc1)c1ccccc1)C2. The van der Waals surface area contributed by atoms with Gasteiger partial charge in [0.1, 0.15) is 8.96 Å². The minimum atomic E-state index is -0.561. The van der Waals surface area contributed by atoms with Gasteiger partial charge in [-0.25, -0.2) is 0 Å². The predicted octanol–water partition coefficient (Wildman–Crippen LogP) is 5.67. The lowest BCUT2D eigenvalue weighted by molar-refractivity contribution is -0.936. The van der Waals surface area contributed by atoms with Crippen molar-refractivity contribution in [1.29, 1.82) is 5.26 Å². The number of hydrogen-bond acceptors (Lipinski definition) is 1. The van der Waals surface area contributed by atoms with E-state index in [9.17, 15) is 5.26 Å². The molecule has 3 unspecified atom stereocenters. The highest BCUT2D eigenvalue weighted by molar-refractivity contribution is 14.1. The maximum atomic E-state index is 10.5. The monoisotopic (exact) mass is 471 g/mol. The van der Waals surface area contributed by atoms with Gasteiger partial charge in [-0.15, -0.1) is 0 Å². The van der Waals surface area contributed by atoms with Gasteiger partial charge in [-0.1, -0.05) is 60.7 Å². The van der Waals surface area contributed by atoms with E-state index in [2.05, 4.69) is 91.3 Å². The van der Waals surface area contributed by atoms with Crippen LogP contribution in [0.25, 0.3) is 0 Å². The third-order valence-electron chi connectivity index (χ3n) is 7.33. The van der Waals surface area contributed by atoms with Crippen LogP contribution in [0.1, 0.15) is 43.2 Å². The van der Waals surface area contributed by atoms with Crippen LogP contribution in [0.2, 0.25) is 0 Å². The van der Waals surface area contributed by atoms with Crippen LogP contribution in [0.4, 0.5) is 0 Å². The van der Waals surface area contributed by atoms with E-state index in [1.54, 1.807) is 0 Å². The van der Waals surface area contributed by atoms with Crippen molar-refractivity contribution >= 4 is 22.6 Å². The van der Waals surface area contributed by atoms with Gasteiger partial charge in [-0.2, -0.15) is 5.26 Å². The highest BCUT2D eigenvalue weighted by Gasteiger charge is 2.59. The molecule has 27 heavy (non-hydrogen) atoms. The molecule has 2 fully saturated rings. The summed E-state index contributed by atoms with van der Waals surface area (Å²) in [5, 5.41) is 10.5. The van der Waals surface area contributed by atoms with Gasteiger partial charge in [0.15, 0.2) is 0 Å². The first kappa shape index (κ1) is 19.0. The first-order valence-electron chi connectivity index (χ1n) is 9.96. The van der Waals surface area contributed by atoms with Gasteiger partial charge in [-0.05, 0) is 46.1 Å². The highest BCUT2D eigenvalue weighted by atomic mass is 127. The summed E-state index contributed by atoms with van der Waals surface area (Å²) in [7, 11) is 4.82. The molecule has 0 radical (unpaired) electrons. The molecule has 0 N–H and O–H groups in total. The Morgan fingerprint density at radius 2 is 1.63 bits per heavy atom. The summed E-state index contributed by atoms with van der Waals surface area (Å²) in [5.74, 6) is 0.584. The van der Waals surface area contributed by atoms with Crippen molar-refractivity contribution in [3.63, 3.8) is 0 Å². The molecule has 2 nitrogen and oxygen atoms in total.